The van der Waals surface area contributed by atoms with Crippen LogP contribution in [0.1, 0.15) is 39.8 Å². The van der Waals surface area contributed by atoms with Crippen molar-refractivity contribution in [1.82, 2.24) is 15.3 Å². The highest BCUT2D eigenvalue weighted by Gasteiger charge is 2.18. The molecule has 4 rings (SSSR count). The summed E-state index contributed by atoms with van der Waals surface area (Å²) in [7, 11) is -3.94. The maximum Gasteiger partial charge on any atom is 0.272 e. The highest BCUT2D eigenvalue weighted by molar-refractivity contribution is 7.92. The molecule has 0 saturated carbocycles. The van der Waals surface area contributed by atoms with E-state index in [1.54, 1.807) is 43.5 Å². The number of thiophene rings is 2. The molecule has 3 N–H and O–H groups in total. The van der Waals surface area contributed by atoms with Gasteiger partial charge in [0.25, 0.3) is 21.8 Å². The topological polar surface area (TPSA) is 130 Å². The van der Waals surface area contributed by atoms with E-state index in [0.29, 0.717) is 22.0 Å². The second-order valence-electron chi connectivity index (χ2n) is 7.56. The van der Waals surface area contributed by atoms with Crippen LogP contribution in [0.5, 0.6) is 0 Å². The molecule has 0 aliphatic rings. The number of aryl methyl sites for hydroxylation is 2. The van der Waals surface area contributed by atoms with Gasteiger partial charge in [-0.15, -0.1) is 22.7 Å². The van der Waals surface area contributed by atoms with Crippen molar-refractivity contribution < 1.29 is 18.0 Å². The van der Waals surface area contributed by atoms with Gasteiger partial charge in [-0.3, -0.25) is 9.59 Å². The molecule has 0 bridgehead atoms. The number of nitrogens with one attached hydrogen (secondary N) is 3. The minimum Gasteiger partial charge on any atom is -0.321 e. The average molecular weight is 570 g/mol. The van der Waals surface area contributed by atoms with Gasteiger partial charge >= 0.3 is 0 Å². The fourth-order valence-electron chi connectivity index (χ4n) is 3.13. The number of benzene rings is 1. The molecule has 0 radical (unpaired) electrons. The molecular formula is C26H27N5O4S3. The summed E-state index contributed by atoms with van der Waals surface area (Å²) in [4.78, 5) is 35.0. The van der Waals surface area contributed by atoms with E-state index in [2.05, 4.69) is 25.3 Å². The molecule has 0 aliphatic carbocycles. The second-order valence-corrected chi connectivity index (χ2v) is 11.2. The number of anilines is 2. The molecule has 12 heteroatoms. The van der Waals surface area contributed by atoms with E-state index < -0.39 is 21.8 Å². The van der Waals surface area contributed by atoms with Crippen molar-refractivity contribution in [2.24, 2.45) is 0 Å². The third-order valence-corrected chi connectivity index (χ3v) is 7.73. The molecule has 38 heavy (non-hydrogen) atoms. The Kier molecular flexibility index (Phi) is 9.88. The first-order chi connectivity index (χ1) is 18.2. The highest BCUT2D eigenvalue weighted by Crippen LogP contribution is 2.19. The van der Waals surface area contributed by atoms with Crippen LogP contribution in [0.3, 0.4) is 0 Å². The molecule has 0 saturated heterocycles. The molecule has 0 unspecified atom stereocenters. The number of aromatic nitrogens is 2. The summed E-state index contributed by atoms with van der Waals surface area (Å²) < 4.78 is 27.9. The molecular weight excluding hydrogens is 543 g/mol. The van der Waals surface area contributed by atoms with Crippen molar-refractivity contribution in [2.75, 3.05) is 10.0 Å². The van der Waals surface area contributed by atoms with Crippen LogP contribution in [-0.4, -0.2) is 30.2 Å². The SMILES string of the molecule is CC.Cc1cc(C)nc(NS(=O)(=O)c2ccc(NC(=O)/C(=C\c3cccs3)NC(=O)c3cccs3)cc2)n1. The number of amides is 2. The van der Waals surface area contributed by atoms with Crippen molar-refractivity contribution in [3.63, 3.8) is 0 Å². The lowest BCUT2D eigenvalue weighted by Gasteiger charge is -2.11. The first-order valence-corrected chi connectivity index (χ1v) is 14.8. The first kappa shape index (κ1) is 28.7. The van der Waals surface area contributed by atoms with Crippen LogP contribution < -0.4 is 15.4 Å². The molecule has 3 heterocycles. The Morgan fingerprint density at radius 2 is 1.53 bits per heavy atom. The largest absolute Gasteiger partial charge is 0.321 e. The Morgan fingerprint density at radius 1 is 0.895 bits per heavy atom. The van der Waals surface area contributed by atoms with E-state index in [1.807, 2.05) is 31.4 Å². The van der Waals surface area contributed by atoms with E-state index in [9.17, 15) is 18.0 Å². The van der Waals surface area contributed by atoms with E-state index in [0.717, 1.165) is 4.88 Å². The van der Waals surface area contributed by atoms with Gasteiger partial charge in [-0.2, -0.15) is 0 Å². The van der Waals surface area contributed by atoms with Gasteiger partial charge in [0.1, 0.15) is 5.70 Å². The van der Waals surface area contributed by atoms with Crippen LogP contribution in [-0.2, 0) is 14.8 Å². The molecule has 0 spiro atoms. The van der Waals surface area contributed by atoms with Crippen LogP contribution in [0.15, 0.2) is 75.9 Å². The van der Waals surface area contributed by atoms with E-state index >= 15 is 0 Å². The summed E-state index contributed by atoms with van der Waals surface area (Å²) in [6.07, 6.45) is 1.58. The first-order valence-electron chi connectivity index (χ1n) is 11.6. The minimum absolute atomic E-state index is 0.0188. The van der Waals surface area contributed by atoms with E-state index in [-0.39, 0.29) is 16.5 Å². The zero-order valence-electron chi connectivity index (χ0n) is 21.2. The lowest BCUT2D eigenvalue weighted by atomic mass is 10.2. The van der Waals surface area contributed by atoms with Crippen molar-refractivity contribution in [2.45, 2.75) is 32.6 Å². The van der Waals surface area contributed by atoms with Crippen molar-refractivity contribution in [1.29, 1.82) is 0 Å². The maximum absolute atomic E-state index is 13.0. The standard InChI is InChI=1S/C24H21N5O4S3.C2H6/c1-15-13-16(2)26-24(25-15)29-36(32,33)19-9-7-17(8-10-19)27-22(30)20(14-18-5-3-11-34-18)28-23(31)21-6-4-12-35-21;1-2/h3-14H,1-2H3,(H,27,30)(H,28,31)(H,25,26,29);1-2H3/b20-14+;. The number of hydrogen-bond acceptors (Lipinski definition) is 8. The summed E-state index contributed by atoms with van der Waals surface area (Å²) in [6.45, 7) is 7.49. The third-order valence-electron chi connectivity index (χ3n) is 4.70. The van der Waals surface area contributed by atoms with Gasteiger partial charge in [-0.25, -0.2) is 23.1 Å². The summed E-state index contributed by atoms with van der Waals surface area (Å²) in [5, 5.41) is 8.98. The zero-order chi connectivity index (χ0) is 27.7. The van der Waals surface area contributed by atoms with Gasteiger partial charge in [-0.05, 0) is 73.1 Å². The number of carbonyl (C=O) groups is 2. The van der Waals surface area contributed by atoms with Crippen LogP contribution in [0.2, 0.25) is 0 Å². The molecule has 0 atom stereocenters. The maximum atomic E-state index is 13.0. The Bertz CT molecular complexity index is 1490. The summed E-state index contributed by atoms with van der Waals surface area (Å²) in [6, 6.07) is 14.4. The van der Waals surface area contributed by atoms with E-state index in [4.69, 9.17) is 0 Å². The lowest BCUT2D eigenvalue weighted by Crippen LogP contribution is -2.30. The van der Waals surface area contributed by atoms with Crippen molar-refractivity contribution in [3.05, 3.63) is 92.2 Å². The summed E-state index contributed by atoms with van der Waals surface area (Å²) >= 11 is 2.68. The zero-order valence-corrected chi connectivity index (χ0v) is 23.6. The van der Waals surface area contributed by atoms with Crippen molar-refractivity contribution >= 4 is 62.2 Å². The van der Waals surface area contributed by atoms with Crippen molar-refractivity contribution in [3.8, 4) is 0 Å². The Balaban J connectivity index is 0.00000195. The van der Waals surface area contributed by atoms with Gasteiger partial charge in [0, 0.05) is 22.0 Å². The molecule has 0 aliphatic heterocycles. The van der Waals surface area contributed by atoms with Gasteiger partial charge in [0.05, 0.1) is 9.77 Å². The Morgan fingerprint density at radius 3 is 2.11 bits per heavy atom. The van der Waals surface area contributed by atoms with Gasteiger partial charge in [0.2, 0.25) is 5.95 Å². The number of carbonyl (C=O) groups excluding carboxylic acids is 2. The summed E-state index contributed by atoms with van der Waals surface area (Å²) in [5.74, 6) is -0.968. The molecule has 1 aromatic carbocycles. The van der Waals surface area contributed by atoms with Crippen LogP contribution in [0.4, 0.5) is 11.6 Å². The summed E-state index contributed by atoms with van der Waals surface area (Å²) in [5.41, 5.74) is 1.68. The molecule has 9 nitrogen and oxygen atoms in total. The smallest absolute Gasteiger partial charge is 0.272 e. The Hall–Kier alpha value is -3.87. The fourth-order valence-corrected chi connectivity index (χ4v) is 5.35. The monoisotopic (exact) mass is 569 g/mol. The number of nitrogens with zero attached hydrogens (tertiary/aromatic N) is 2. The number of sulfonamides is 1. The fraction of sp³-hybridized carbons (Fsp3) is 0.154. The van der Waals surface area contributed by atoms with Crippen LogP contribution in [0, 0.1) is 13.8 Å². The molecule has 3 aromatic heterocycles. The quantitative estimate of drug-likeness (QED) is 0.242. The highest BCUT2D eigenvalue weighted by atomic mass is 32.2. The average Bonchev–Trinajstić information content (AvgIpc) is 3.59. The second kappa shape index (κ2) is 13.1. The predicted molar refractivity (Wildman–Crippen MR) is 153 cm³/mol. The van der Waals surface area contributed by atoms with Crippen LogP contribution >= 0.6 is 22.7 Å². The molecule has 0 fully saturated rings. The number of rotatable bonds is 8. The third kappa shape index (κ3) is 7.81. The molecule has 4 aromatic rings. The van der Waals surface area contributed by atoms with Gasteiger partial charge in [0.15, 0.2) is 0 Å². The number of hydrogen-bond donors (Lipinski definition) is 3. The van der Waals surface area contributed by atoms with E-state index in [1.165, 1.54) is 46.9 Å². The minimum atomic E-state index is -3.94. The molecule has 2 amide bonds. The van der Waals surface area contributed by atoms with Crippen LogP contribution in [0.25, 0.3) is 6.08 Å². The molecule has 198 valence electrons. The van der Waals surface area contributed by atoms with Gasteiger partial charge in [-0.1, -0.05) is 26.0 Å². The predicted octanol–water partition coefficient (Wildman–Crippen LogP) is 5.45. The Labute approximate surface area is 229 Å². The lowest BCUT2D eigenvalue weighted by molar-refractivity contribution is -0.113. The van der Waals surface area contributed by atoms with Gasteiger partial charge < -0.3 is 10.6 Å². The normalized spacial score (nSPS) is 11.2.